The molecule has 1 aliphatic heterocycles. The monoisotopic (exact) mass is 315 g/mol. The van der Waals surface area contributed by atoms with Crippen LogP contribution in [0.4, 0.5) is 4.39 Å². The lowest BCUT2D eigenvalue weighted by molar-refractivity contribution is 0.188. The Kier molecular flexibility index (Phi) is 5.21. The second-order valence-corrected chi connectivity index (χ2v) is 7.61. The van der Waals surface area contributed by atoms with Crippen LogP contribution in [0.15, 0.2) is 46.9 Å². The van der Waals surface area contributed by atoms with Crippen LogP contribution >= 0.6 is 0 Å². The predicted octanol–water partition coefficient (Wildman–Crippen LogP) is 5.57. The number of hydrogen-bond donors (Lipinski definition) is 0. The number of rotatable bonds is 2. The van der Waals surface area contributed by atoms with Gasteiger partial charge < -0.3 is 4.90 Å². The van der Waals surface area contributed by atoms with Gasteiger partial charge in [0.05, 0.1) is 0 Å². The van der Waals surface area contributed by atoms with Crippen LogP contribution in [0.2, 0.25) is 0 Å². The molecule has 0 radical (unpaired) electrons. The summed E-state index contributed by atoms with van der Waals surface area (Å²) >= 11 is 0. The first-order valence-corrected chi connectivity index (χ1v) is 9.28. The lowest BCUT2D eigenvalue weighted by atomic mass is 9.84. The van der Waals surface area contributed by atoms with Gasteiger partial charge in [0.25, 0.3) is 0 Å². The van der Waals surface area contributed by atoms with E-state index in [9.17, 15) is 4.39 Å². The van der Waals surface area contributed by atoms with Crippen molar-refractivity contribution in [3.05, 3.63) is 46.9 Å². The fourth-order valence-corrected chi connectivity index (χ4v) is 4.15. The molecule has 0 aromatic rings. The van der Waals surface area contributed by atoms with Gasteiger partial charge >= 0.3 is 0 Å². The van der Waals surface area contributed by atoms with Crippen LogP contribution in [-0.4, -0.2) is 24.0 Å². The lowest BCUT2D eigenvalue weighted by Crippen LogP contribution is -2.35. The average molecular weight is 315 g/mol. The molecule has 0 aromatic heterocycles. The van der Waals surface area contributed by atoms with Gasteiger partial charge in [0.15, 0.2) is 0 Å². The van der Waals surface area contributed by atoms with Gasteiger partial charge in [-0.15, -0.1) is 0 Å². The third-order valence-electron chi connectivity index (χ3n) is 5.81. The molecule has 126 valence electrons. The Morgan fingerprint density at radius 1 is 1.13 bits per heavy atom. The van der Waals surface area contributed by atoms with Crippen molar-refractivity contribution in [2.24, 2.45) is 11.8 Å². The molecule has 0 amide bonds. The third kappa shape index (κ3) is 3.68. The van der Waals surface area contributed by atoms with Crippen molar-refractivity contribution in [2.75, 3.05) is 13.1 Å². The van der Waals surface area contributed by atoms with Gasteiger partial charge in [-0.25, -0.2) is 4.39 Å². The van der Waals surface area contributed by atoms with E-state index >= 15 is 0 Å². The molecule has 0 aromatic carbocycles. The highest BCUT2D eigenvalue weighted by Crippen LogP contribution is 2.38. The van der Waals surface area contributed by atoms with Gasteiger partial charge in [-0.1, -0.05) is 37.1 Å². The van der Waals surface area contributed by atoms with E-state index in [1.165, 1.54) is 25.0 Å². The predicted molar refractivity (Wildman–Crippen MR) is 95.9 cm³/mol. The number of likely N-dealkylation sites (tertiary alicyclic amines) is 1. The summed E-state index contributed by atoms with van der Waals surface area (Å²) in [6, 6.07) is 0.589. The van der Waals surface area contributed by atoms with Crippen LogP contribution in [0.5, 0.6) is 0 Å². The first kappa shape index (κ1) is 16.7. The van der Waals surface area contributed by atoms with Gasteiger partial charge in [0, 0.05) is 12.0 Å². The van der Waals surface area contributed by atoms with Crippen LogP contribution in [0.25, 0.3) is 0 Å². The summed E-state index contributed by atoms with van der Waals surface area (Å²) in [5.74, 6) is 0.742. The van der Waals surface area contributed by atoms with E-state index in [0.29, 0.717) is 17.9 Å². The van der Waals surface area contributed by atoms with Crippen molar-refractivity contribution >= 4 is 0 Å². The van der Waals surface area contributed by atoms with E-state index in [1.807, 2.05) is 0 Å². The zero-order chi connectivity index (χ0) is 16.4. The highest BCUT2D eigenvalue weighted by atomic mass is 19.1. The first-order valence-electron chi connectivity index (χ1n) is 9.28. The molecule has 0 spiro atoms. The zero-order valence-corrected chi connectivity index (χ0v) is 14.8. The Bertz CT molecular complexity index is 564. The SMILES string of the molecule is CC1C2=CC(F)=C(C3CCCCN(C(C)C)CC3)C=C1CC=C2. The number of hydrogen-bond acceptors (Lipinski definition) is 1. The topological polar surface area (TPSA) is 3.24 Å². The summed E-state index contributed by atoms with van der Waals surface area (Å²) in [5, 5.41) is 0. The lowest BCUT2D eigenvalue weighted by Gasteiger charge is -2.31. The van der Waals surface area contributed by atoms with E-state index < -0.39 is 0 Å². The quantitative estimate of drug-likeness (QED) is 0.643. The van der Waals surface area contributed by atoms with Crippen molar-refractivity contribution in [3.8, 4) is 0 Å². The minimum atomic E-state index is 0.00932. The van der Waals surface area contributed by atoms with Gasteiger partial charge in [-0.2, -0.15) is 0 Å². The highest BCUT2D eigenvalue weighted by Gasteiger charge is 2.26. The van der Waals surface area contributed by atoms with Crippen LogP contribution in [0, 0.1) is 11.8 Å². The Morgan fingerprint density at radius 2 is 1.96 bits per heavy atom. The maximum absolute atomic E-state index is 14.9. The van der Waals surface area contributed by atoms with Gasteiger partial charge in [0.2, 0.25) is 0 Å². The fourth-order valence-electron chi connectivity index (χ4n) is 4.15. The van der Waals surface area contributed by atoms with Crippen LogP contribution < -0.4 is 0 Å². The van der Waals surface area contributed by atoms with Gasteiger partial charge in [-0.05, 0) is 75.8 Å². The summed E-state index contributed by atoms with van der Waals surface area (Å²) in [5.41, 5.74) is 3.48. The minimum Gasteiger partial charge on any atom is -0.301 e. The molecule has 2 heteroatoms. The van der Waals surface area contributed by atoms with Crippen LogP contribution in [0.1, 0.15) is 52.9 Å². The summed E-state index contributed by atoms with van der Waals surface area (Å²) < 4.78 is 14.9. The summed E-state index contributed by atoms with van der Waals surface area (Å²) in [4.78, 5) is 2.55. The smallest absolute Gasteiger partial charge is 0.126 e. The molecule has 1 heterocycles. The first-order chi connectivity index (χ1) is 11.1. The molecule has 2 atom stereocenters. The maximum Gasteiger partial charge on any atom is 0.126 e. The molecule has 23 heavy (non-hydrogen) atoms. The molecule has 0 saturated carbocycles. The second kappa shape index (κ2) is 7.17. The largest absolute Gasteiger partial charge is 0.301 e. The molecule has 1 fully saturated rings. The molecular formula is C21H30FN. The van der Waals surface area contributed by atoms with E-state index in [4.69, 9.17) is 0 Å². The van der Waals surface area contributed by atoms with Gasteiger partial charge in [0.1, 0.15) is 5.83 Å². The number of allylic oxidation sites excluding steroid dienone is 8. The maximum atomic E-state index is 14.9. The molecule has 1 saturated heterocycles. The molecule has 1 nitrogen and oxygen atoms in total. The minimum absolute atomic E-state index is 0.00932. The van der Waals surface area contributed by atoms with Crippen LogP contribution in [-0.2, 0) is 0 Å². The molecule has 2 unspecified atom stereocenters. The molecule has 3 aliphatic rings. The normalized spacial score (nSPS) is 29.8. The van der Waals surface area contributed by atoms with Crippen molar-refractivity contribution in [3.63, 3.8) is 0 Å². The molecule has 0 N–H and O–H groups in total. The number of halogens is 1. The second-order valence-electron chi connectivity index (χ2n) is 7.61. The summed E-state index contributed by atoms with van der Waals surface area (Å²) in [7, 11) is 0. The van der Waals surface area contributed by atoms with Crippen molar-refractivity contribution in [1.82, 2.24) is 4.90 Å². The van der Waals surface area contributed by atoms with E-state index in [-0.39, 0.29) is 5.83 Å². The van der Waals surface area contributed by atoms with E-state index in [1.54, 1.807) is 6.08 Å². The Hall–Kier alpha value is -1.15. The fraction of sp³-hybridized carbons (Fsp3) is 0.619. The van der Waals surface area contributed by atoms with Crippen LogP contribution in [0.3, 0.4) is 0 Å². The number of fused-ring (bicyclic) bond motifs is 2. The average Bonchev–Trinajstić information content (AvgIpc) is 2.55. The standard InChI is InChI=1S/C21H30FN/c1-15(2)23-11-5-4-7-17(10-12-23)20-13-18-8-6-9-19(16(18)3)14-21(20)22/h6,9,13-17H,4-5,7-8,10-12H2,1-3H3. The Labute approximate surface area is 140 Å². The zero-order valence-electron chi connectivity index (χ0n) is 14.8. The van der Waals surface area contributed by atoms with Crippen molar-refractivity contribution in [1.29, 1.82) is 0 Å². The van der Waals surface area contributed by atoms with Crippen molar-refractivity contribution in [2.45, 2.75) is 58.9 Å². The van der Waals surface area contributed by atoms with E-state index in [2.05, 4.69) is 43.9 Å². The highest BCUT2D eigenvalue weighted by molar-refractivity contribution is 5.47. The summed E-state index contributed by atoms with van der Waals surface area (Å²) in [6.07, 6.45) is 13.9. The molecule has 2 aliphatic carbocycles. The van der Waals surface area contributed by atoms with Gasteiger partial charge in [-0.3, -0.25) is 0 Å². The van der Waals surface area contributed by atoms with Crippen molar-refractivity contribution < 1.29 is 4.39 Å². The summed E-state index contributed by atoms with van der Waals surface area (Å²) in [6.45, 7) is 9.02. The molecular weight excluding hydrogens is 285 g/mol. The third-order valence-corrected chi connectivity index (χ3v) is 5.81. The Morgan fingerprint density at radius 3 is 2.74 bits per heavy atom. The molecule has 3 rings (SSSR count). The molecule has 2 bridgehead atoms. The number of nitrogens with zero attached hydrogens (tertiary/aromatic N) is 1. The van der Waals surface area contributed by atoms with E-state index in [0.717, 1.165) is 37.0 Å². The Balaban J connectivity index is 1.85.